The van der Waals surface area contributed by atoms with Crippen LogP contribution in [0.3, 0.4) is 0 Å². The van der Waals surface area contributed by atoms with Crippen LogP contribution in [0.25, 0.3) is 0 Å². The van der Waals surface area contributed by atoms with Gasteiger partial charge in [-0.05, 0) is 76.5 Å². The number of ether oxygens (including phenoxy) is 1. The van der Waals surface area contributed by atoms with E-state index in [0.29, 0.717) is 5.56 Å². The summed E-state index contributed by atoms with van der Waals surface area (Å²) >= 11 is 0. The third-order valence-electron chi connectivity index (χ3n) is 8.13. The Morgan fingerprint density at radius 3 is 2.46 bits per heavy atom. The first-order chi connectivity index (χ1) is 17.6. The summed E-state index contributed by atoms with van der Waals surface area (Å²) in [6.45, 7) is 9.16. The van der Waals surface area contributed by atoms with Crippen LogP contribution in [0, 0.1) is 23.1 Å². The number of likely N-dealkylation sites (tertiary alicyclic amines) is 1. The Bertz CT molecular complexity index is 1070. The Hall–Kier alpha value is -2.86. The Balaban J connectivity index is 1.21. The summed E-state index contributed by atoms with van der Waals surface area (Å²) in [7, 11) is 0. The largest absolute Gasteiger partial charge is 0.444 e. The van der Waals surface area contributed by atoms with Crippen molar-refractivity contribution in [2.45, 2.75) is 89.1 Å². The minimum atomic E-state index is -0.894. The molecule has 0 spiro atoms. The summed E-state index contributed by atoms with van der Waals surface area (Å²) in [5.41, 5.74) is 0.581. The van der Waals surface area contributed by atoms with Crippen molar-refractivity contribution in [3.8, 4) is 6.07 Å². The van der Waals surface area contributed by atoms with Crippen LogP contribution < -0.4 is 10.2 Å². The molecule has 2 saturated carbocycles. The highest BCUT2D eigenvalue weighted by molar-refractivity contribution is 5.87. The third-order valence-corrected chi connectivity index (χ3v) is 8.13. The third kappa shape index (κ3) is 5.69. The van der Waals surface area contributed by atoms with Gasteiger partial charge in [0.05, 0.1) is 6.07 Å². The fourth-order valence-electron chi connectivity index (χ4n) is 6.19. The zero-order chi connectivity index (χ0) is 26.3. The predicted octanol–water partition coefficient (Wildman–Crippen LogP) is 3.45. The molecular formula is C28H38FN5O3. The van der Waals surface area contributed by atoms with E-state index in [1.807, 2.05) is 6.07 Å². The number of halogens is 1. The van der Waals surface area contributed by atoms with E-state index in [9.17, 15) is 14.9 Å². The van der Waals surface area contributed by atoms with Gasteiger partial charge in [-0.15, -0.1) is 0 Å². The number of nitrogens with zero attached hydrogens (tertiary/aromatic N) is 4. The van der Waals surface area contributed by atoms with Gasteiger partial charge in [-0.2, -0.15) is 5.26 Å². The number of rotatable bonds is 6. The van der Waals surface area contributed by atoms with Crippen LogP contribution in [0.5, 0.6) is 0 Å². The van der Waals surface area contributed by atoms with Gasteiger partial charge in [0, 0.05) is 50.4 Å². The number of carbonyl (C=O) groups is 2. The molecule has 4 fully saturated rings. The van der Waals surface area contributed by atoms with Crippen molar-refractivity contribution in [3.05, 3.63) is 29.6 Å². The zero-order valence-electron chi connectivity index (χ0n) is 22.1. The van der Waals surface area contributed by atoms with E-state index in [2.05, 4.69) is 21.2 Å². The maximum absolute atomic E-state index is 15.1. The van der Waals surface area contributed by atoms with E-state index < -0.39 is 23.8 Å². The standard InChI is InChI=1S/C28H38FN5O3/c1-28(2,3)37-27(36)34-23-7-5-19(15-23)25(34)26(35)31-20(17-30)14-18-4-6-22(16-24(18)29)33-12-10-32(11-13-33)21-8-9-21/h4,6,16,19-21,23,25H,5,7-15H2,1-3H3,(H,31,35)/t19-,20-,23+,25-/m0/s1. The van der Waals surface area contributed by atoms with Gasteiger partial charge in [-0.25, -0.2) is 9.18 Å². The van der Waals surface area contributed by atoms with Gasteiger partial charge in [0.2, 0.25) is 5.91 Å². The summed E-state index contributed by atoms with van der Waals surface area (Å²) in [6.07, 6.45) is 4.64. The van der Waals surface area contributed by atoms with Crippen LogP contribution in [0.4, 0.5) is 14.9 Å². The number of anilines is 1. The second-order valence-electron chi connectivity index (χ2n) is 12.0. The van der Waals surface area contributed by atoms with Crippen molar-refractivity contribution in [1.82, 2.24) is 15.1 Å². The van der Waals surface area contributed by atoms with E-state index in [-0.39, 0.29) is 30.1 Å². The Morgan fingerprint density at radius 2 is 1.84 bits per heavy atom. The molecule has 8 nitrogen and oxygen atoms in total. The lowest BCUT2D eigenvalue weighted by atomic mass is 9.97. The molecule has 2 aliphatic carbocycles. The molecule has 4 atom stereocenters. The number of hydrogen-bond donors (Lipinski definition) is 1. The van der Waals surface area contributed by atoms with Crippen LogP contribution in [-0.4, -0.2) is 77.7 Å². The minimum Gasteiger partial charge on any atom is -0.444 e. The summed E-state index contributed by atoms with van der Waals surface area (Å²) < 4.78 is 20.6. The molecule has 37 heavy (non-hydrogen) atoms. The smallest absolute Gasteiger partial charge is 0.411 e. The molecule has 2 amide bonds. The quantitative estimate of drug-likeness (QED) is 0.630. The van der Waals surface area contributed by atoms with Gasteiger partial charge in [-0.1, -0.05) is 6.07 Å². The van der Waals surface area contributed by atoms with E-state index in [4.69, 9.17) is 4.74 Å². The minimum absolute atomic E-state index is 0.0210. The topological polar surface area (TPSA) is 88.9 Å². The summed E-state index contributed by atoms with van der Waals surface area (Å²) in [5, 5.41) is 12.5. The average Bonchev–Trinajstić information content (AvgIpc) is 3.50. The molecule has 2 heterocycles. The fraction of sp³-hybridized carbons (Fsp3) is 0.679. The average molecular weight is 512 g/mol. The first kappa shape index (κ1) is 25.8. The molecule has 4 aliphatic rings. The highest BCUT2D eigenvalue weighted by atomic mass is 19.1. The molecule has 1 aromatic carbocycles. The molecule has 2 bridgehead atoms. The molecule has 9 heteroatoms. The van der Waals surface area contributed by atoms with Crippen LogP contribution in [0.15, 0.2) is 18.2 Å². The second kappa shape index (κ2) is 10.1. The van der Waals surface area contributed by atoms with Crippen molar-refractivity contribution in [1.29, 1.82) is 5.26 Å². The van der Waals surface area contributed by atoms with Crippen molar-refractivity contribution < 1.29 is 18.7 Å². The zero-order valence-corrected chi connectivity index (χ0v) is 22.1. The van der Waals surface area contributed by atoms with Crippen molar-refractivity contribution in [2.75, 3.05) is 31.1 Å². The molecule has 0 aromatic heterocycles. The lowest BCUT2D eigenvalue weighted by molar-refractivity contribution is -0.128. The number of carbonyl (C=O) groups excluding carboxylic acids is 2. The first-order valence-corrected chi connectivity index (χ1v) is 13.6. The number of hydrogen-bond acceptors (Lipinski definition) is 6. The monoisotopic (exact) mass is 511 g/mol. The molecule has 200 valence electrons. The van der Waals surface area contributed by atoms with Gasteiger partial charge in [0.15, 0.2) is 0 Å². The fourth-order valence-corrected chi connectivity index (χ4v) is 6.19. The molecule has 0 unspecified atom stereocenters. The van der Waals surface area contributed by atoms with Gasteiger partial charge in [0.25, 0.3) is 0 Å². The summed E-state index contributed by atoms with van der Waals surface area (Å²) in [6, 6.07) is 6.44. The number of benzene rings is 1. The van der Waals surface area contributed by atoms with Crippen molar-refractivity contribution in [3.63, 3.8) is 0 Å². The summed E-state index contributed by atoms with van der Waals surface area (Å²) in [5.74, 6) is -0.685. The maximum atomic E-state index is 15.1. The van der Waals surface area contributed by atoms with Gasteiger partial charge in [-0.3, -0.25) is 14.6 Å². The molecule has 2 aliphatic heterocycles. The van der Waals surface area contributed by atoms with Gasteiger partial charge >= 0.3 is 6.09 Å². The van der Waals surface area contributed by atoms with Crippen LogP contribution >= 0.6 is 0 Å². The summed E-state index contributed by atoms with van der Waals surface area (Å²) in [4.78, 5) is 32.4. The molecule has 0 radical (unpaired) electrons. The van der Waals surface area contributed by atoms with Crippen LogP contribution in [0.1, 0.15) is 58.4 Å². The normalized spacial score (nSPS) is 26.6. The predicted molar refractivity (Wildman–Crippen MR) is 137 cm³/mol. The molecule has 2 saturated heterocycles. The first-order valence-electron chi connectivity index (χ1n) is 13.6. The van der Waals surface area contributed by atoms with E-state index in [1.165, 1.54) is 12.8 Å². The molecule has 1 N–H and O–H groups in total. The lowest BCUT2D eigenvalue weighted by Gasteiger charge is -2.36. The molecule has 5 rings (SSSR count). The highest BCUT2D eigenvalue weighted by Crippen LogP contribution is 2.43. The van der Waals surface area contributed by atoms with Gasteiger partial charge < -0.3 is 15.0 Å². The number of nitrogens with one attached hydrogen (secondary N) is 1. The van der Waals surface area contributed by atoms with Gasteiger partial charge in [0.1, 0.15) is 23.5 Å². The Kier molecular flexibility index (Phi) is 7.06. The van der Waals surface area contributed by atoms with E-state index in [1.54, 1.807) is 37.8 Å². The number of fused-ring (bicyclic) bond motifs is 2. The number of piperazine rings is 1. The van der Waals surface area contributed by atoms with Crippen molar-refractivity contribution in [2.24, 2.45) is 5.92 Å². The second-order valence-corrected chi connectivity index (χ2v) is 12.0. The van der Waals surface area contributed by atoms with Crippen molar-refractivity contribution >= 4 is 17.7 Å². The Morgan fingerprint density at radius 1 is 1.14 bits per heavy atom. The number of amides is 2. The lowest BCUT2D eigenvalue weighted by Crippen LogP contribution is -2.55. The number of nitriles is 1. The van der Waals surface area contributed by atoms with Crippen LogP contribution in [-0.2, 0) is 16.0 Å². The molecular weight excluding hydrogens is 473 g/mol. The van der Waals surface area contributed by atoms with E-state index in [0.717, 1.165) is 57.2 Å². The molecule has 1 aromatic rings. The Labute approximate surface area is 218 Å². The highest BCUT2D eigenvalue weighted by Gasteiger charge is 2.52. The maximum Gasteiger partial charge on any atom is 0.411 e. The van der Waals surface area contributed by atoms with E-state index >= 15 is 4.39 Å². The van der Waals surface area contributed by atoms with Crippen LogP contribution in [0.2, 0.25) is 0 Å². The number of piperidine rings is 1. The SMILES string of the molecule is CC(C)(C)OC(=O)N1[C@@H]2CC[C@@H](C2)[C@H]1C(=O)N[C@H](C#N)Cc1ccc(N2CCN(C3CC3)CC2)cc1F.